The van der Waals surface area contributed by atoms with Gasteiger partial charge in [-0.1, -0.05) is 66.7 Å². The molecule has 1 amide bonds. The third-order valence-electron chi connectivity index (χ3n) is 5.05. The lowest BCUT2D eigenvalue weighted by molar-refractivity contribution is -0.146. The first-order chi connectivity index (χ1) is 14.3. The van der Waals surface area contributed by atoms with Crippen LogP contribution in [-0.4, -0.2) is 35.7 Å². The summed E-state index contributed by atoms with van der Waals surface area (Å²) in [4.78, 5) is 26.7. The van der Waals surface area contributed by atoms with Gasteiger partial charge in [-0.05, 0) is 50.3 Å². The van der Waals surface area contributed by atoms with Gasteiger partial charge in [-0.15, -0.1) is 0 Å². The van der Waals surface area contributed by atoms with E-state index in [1.54, 1.807) is 0 Å². The highest BCUT2D eigenvalue weighted by atomic mass is 16.6. The predicted molar refractivity (Wildman–Crippen MR) is 118 cm³/mol. The van der Waals surface area contributed by atoms with Gasteiger partial charge in [-0.25, -0.2) is 9.59 Å². The van der Waals surface area contributed by atoms with Crippen LogP contribution < -0.4 is 0 Å². The lowest BCUT2D eigenvalue weighted by Crippen LogP contribution is -2.44. The van der Waals surface area contributed by atoms with Crippen molar-refractivity contribution in [1.82, 2.24) is 4.90 Å². The van der Waals surface area contributed by atoms with Crippen LogP contribution in [0.2, 0.25) is 0 Å². The number of nitrogens with zero attached hydrogens (tertiary/aromatic N) is 1. The van der Waals surface area contributed by atoms with Crippen molar-refractivity contribution in [1.29, 1.82) is 0 Å². The zero-order chi connectivity index (χ0) is 21.7. The molecule has 1 aliphatic rings. The van der Waals surface area contributed by atoms with Crippen molar-refractivity contribution in [3.63, 3.8) is 0 Å². The van der Waals surface area contributed by atoms with Gasteiger partial charge < -0.3 is 9.47 Å². The van der Waals surface area contributed by atoms with Crippen molar-refractivity contribution in [3.8, 4) is 0 Å². The van der Waals surface area contributed by atoms with Crippen LogP contribution in [0.5, 0.6) is 0 Å². The first-order valence-electron chi connectivity index (χ1n) is 10.2. The molecular weight excluding hydrogens is 378 g/mol. The largest absolute Gasteiger partial charge is 0.467 e. The smallest absolute Gasteiger partial charge is 0.411 e. The molecule has 0 bridgehead atoms. The Bertz CT molecular complexity index is 897. The molecule has 0 unspecified atom stereocenters. The summed E-state index contributed by atoms with van der Waals surface area (Å²) in [7, 11) is 1.34. The van der Waals surface area contributed by atoms with Crippen molar-refractivity contribution < 1.29 is 19.1 Å². The molecule has 2 aromatic rings. The standard InChI is InChI=1S/C25H29NO4/c1-25(2,3)30-24(28)26-21(16-17-22(26)23(27)29-4)20-14-12-19(13-15-20)11-10-18-8-6-5-7-9-18/h5-15,21-22H,16-17H2,1-4H3/b11-10+/t21-,22+/m1/s1. The molecule has 3 rings (SSSR count). The summed E-state index contributed by atoms with van der Waals surface area (Å²) in [5, 5.41) is 0. The van der Waals surface area contributed by atoms with Gasteiger partial charge in [0.05, 0.1) is 13.2 Å². The van der Waals surface area contributed by atoms with Gasteiger partial charge in [0.2, 0.25) is 0 Å². The third-order valence-corrected chi connectivity index (χ3v) is 5.05. The molecule has 0 spiro atoms. The van der Waals surface area contributed by atoms with E-state index in [4.69, 9.17) is 9.47 Å². The maximum absolute atomic E-state index is 12.9. The lowest BCUT2D eigenvalue weighted by Gasteiger charge is -2.31. The van der Waals surface area contributed by atoms with E-state index in [-0.39, 0.29) is 6.04 Å². The zero-order valence-corrected chi connectivity index (χ0v) is 18.0. The summed E-state index contributed by atoms with van der Waals surface area (Å²) in [6.07, 6.45) is 4.85. The molecule has 5 nitrogen and oxygen atoms in total. The molecule has 30 heavy (non-hydrogen) atoms. The molecule has 0 aromatic heterocycles. The first-order valence-corrected chi connectivity index (χ1v) is 10.2. The van der Waals surface area contributed by atoms with Crippen molar-refractivity contribution in [3.05, 3.63) is 71.3 Å². The van der Waals surface area contributed by atoms with Crippen LogP contribution in [0.1, 0.15) is 56.3 Å². The molecule has 1 fully saturated rings. The summed E-state index contributed by atoms with van der Waals surface area (Å²) in [5.74, 6) is -0.411. The summed E-state index contributed by atoms with van der Waals surface area (Å²) in [5.41, 5.74) is 2.53. The van der Waals surface area contributed by atoms with Crippen LogP contribution in [0.4, 0.5) is 4.79 Å². The molecule has 2 atom stereocenters. The first kappa shape index (κ1) is 21.6. The number of esters is 1. The molecule has 0 N–H and O–H groups in total. The summed E-state index contributed by atoms with van der Waals surface area (Å²) < 4.78 is 10.5. The molecule has 1 saturated heterocycles. The molecule has 1 aliphatic heterocycles. The van der Waals surface area contributed by atoms with Crippen molar-refractivity contribution in [2.24, 2.45) is 0 Å². The third kappa shape index (κ3) is 5.29. The monoisotopic (exact) mass is 407 g/mol. The van der Waals surface area contributed by atoms with Gasteiger partial charge >= 0.3 is 12.1 Å². The average Bonchev–Trinajstić information content (AvgIpc) is 3.17. The van der Waals surface area contributed by atoms with E-state index in [0.29, 0.717) is 12.8 Å². The molecule has 2 aromatic carbocycles. The summed E-state index contributed by atoms with van der Waals surface area (Å²) in [6, 6.07) is 17.3. The van der Waals surface area contributed by atoms with Gasteiger partial charge in [0.15, 0.2) is 0 Å². The van der Waals surface area contributed by atoms with Gasteiger partial charge in [0.25, 0.3) is 0 Å². The fourth-order valence-electron chi connectivity index (χ4n) is 3.66. The molecule has 0 radical (unpaired) electrons. The lowest BCUT2D eigenvalue weighted by atomic mass is 10.0. The van der Waals surface area contributed by atoms with E-state index in [1.807, 2.05) is 63.2 Å². The van der Waals surface area contributed by atoms with Gasteiger partial charge in [0.1, 0.15) is 11.6 Å². The van der Waals surface area contributed by atoms with E-state index >= 15 is 0 Å². The number of rotatable bonds is 4. The quantitative estimate of drug-likeness (QED) is 0.498. The number of carbonyl (C=O) groups excluding carboxylic acids is 2. The highest BCUT2D eigenvalue weighted by Gasteiger charge is 2.44. The van der Waals surface area contributed by atoms with Gasteiger partial charge in [-0.3, -0.25) is 4.90 Å². The Kier molecular flexibility index (Phi) is 6.60. The van der Waals surface area contributed by atoms with E-state index in [2.05, 4.69) is 24.3 Å². The van der Waals surface area contributed by atoms with E-state index in [0.717, 1.165) is 16.7 Å². The Labute approximate surface area is 178 Å². The number of likely N-dealkylation sites (tertiary alicyclic amines) is 1. The molecular formula is C25H29NO4. The Balaban J connectivity index is 1.80. The number of benzene rings is 2. The molecule has 5 heteroatoms. The van der Waals surface area contributed by atoms with Crippen LogP contribution in [0.25, 0.3) is 12.2 Å². The van der Waals surface area contributed by atoms with Crippen LogP contribution in [-0.2, 0) is 14.3 Å². The van der Waals surface area contributed by atoms with Crippen LogP contribution in [0, 0.1) is 0 Å². The minimum Gasteiger partial charge on any atom is -0.467 e. The maximum atomic E-state index is 12.9. The Morgan fingerprint density at radius 1 is 0.933 bits per heavy atom. The average molecular weight is 408 g/mol. The topological polar surface area (TPSA) is 55.8 Å². The second kappa shape index (κ2) is 9.16. The second-order valence-corrected chi connectivity index (χ2v) is 8.43. The Hall–Kier alpha value is -3.08. The van der Waals surface area contributed by atoms with E-state index in [1.165, 1.54) is 12.0 Å². The molecule has 1 heterocycles. The predicted octanol–water partition coefficient (Wildman–Crippen LogP) is 5.47. The zero-order valence-electron chi connectivity index (χ0n) is 18.0. The maximum Gasteiger partial charge on any atom is 0.411 e. The fourth-order valence-corrected chi connectivity index (χ4v) is 3.66. The van der Waals surface area contributed by atoms with Crippen molar-refractivity contribution >= 4 is 24.2 Å². The number of ether oxygens (including phenoxy) is 2. The summed E-state index contributed by atoms with van der Waals surface area (Å²) in [6.45, 7) is 5.45. The number of methoxy groups -OCH3 is 1. The SMILES string of the molecule is COC(=O)[C@@H]1CC[C@H](c2ccc(/C=C/c3ccccc3)cc2)N1C(=O)OC(C)(C)C. The minimum atomic E-state index is -0.642. The van der Waals surface area contributed by atoms with E-state index in [9.17, 15) is 9.59 Å². The highest BCUT2D eigenvalue weighted by Crippen LogP contribution is 2.38. The highest BCUT2D eigenvalue weighted by molar-refractivity contribution is 5.82. The minimum absolute atomic E-state index is 0.226. The van der Waals surface area contributed by atoms with Crippen LogP contribution in [0.3, 0.4) is 0 Å². The number of hydrogen-bond donors (Lipinski definition) is 0. The van der Waals surface area contributed by atoms with Crippen LogP contribution >= 0.6 is 0 Å². The second-order valence-electron chi connectivity index (χ2n) is 8.43. The Morgan fingerprint density at radius 3 is 2.10 bits per heavy atom. The molecule has 0 saturated carbocycles. The van der Waals surface area contributed by atoms with Crippen molar-refractivity contribution in [2.45, 2.75) is 51.3 Å². The normalized spacial score (nSPS) is 19.1. The van der Waals surface area contributed by atoms with Gasteiger partial charge in [-0.2, -0.15) is 0 Å². The van der Waals surface area contributed by atoms with Crippen molar-refractivity contribution in [2.75, 3.05) is 7.11 Å². The van der Waals surface area contributed by atoms with E-state index < -0.39 is 23.7 Å². The Morgan fingerprint density at radius 2 is 1.53 bits per heavy atom. The van der Waals surface area contributed by atoms with Crippen LogP contribution in [0.15, 0.2) is 54.6 Å². The molecule has 0 aliphatic carbocycles. The molecule has 158 valence electrons. The number of hydrogen-bond acceptors (Lipinski definition) is 4. The number of carbonyl (C=O) groups is 2. The van der Waals surface area contributed by atoms with Gasteiger partial charge in [0, 0.05) is 0 Å². The number of amides is 1. The fraction of sp³-hybridized carbons (Fsp3) is 0.360. The summed E-state index contributed by atoms with van der Waals surface area (Å²) >= 11 is 0.